The van der Waals surface area contributed by atoms with Crippen molar-refractivity contribution in [3.05, 3.63) is 54.0 Å². The molecule has 5 nitrogen and oxygen atoms in total. The Bertz CT molecular complexity index is 1340. The summed E-state index contributed by atoms with van der Waals surface area (Å²) in [5.41, 5.74) is -0.509. The SMILES string of the molecule is CC(C)(C)Cn1cc([C@H](NS(=O)(=O)C2CC2)C(F)F)c2ccc(-c3ccncc3C(F)(F)F)cc21. The standard InChI is InChI=1S/C24H26F5N3O2S/c1-23(2,3)13-32-12-18(21(22(25)26)31-35(33,34)15-5-6-15)17-7-4-14(10-20(17)32)16-8-9-30-11-19(16)24(27,28)29/h4,7-12,15,21-22,31H,5-6,13H2,1-3H3/t21-/m0/s1. The van der Waals surface area contributed by atoms with E-state index in [9.17, 15) is 30.4 Å². The summed E-state index contributed by atoms with van der Waals surface area (Å²) in [5, 5.41) is -0.324. The van der Waals surface area contributed by atoms with E-state index < -0.39 is 39.5 Å². The van der Waals surface area contributed by atoms with E-state index in [2.05, 4.69) is 9.71 Å². The molecule has 2 heterocycles. The molecule has 1 saturated carbocycles. The smallest absolute Gasteiger partial charge is 0.347 e. The van der Waals surface area contributed by atoms with Crippen LogP contribution in [0.2, 0.25) is 0 Å². The van der Waals surface area contributed by atoms with Gasteiger partial charge in [-0.2, -0.15) is 13.2 Å². The molecule has 1 N–H and O–H groups in total. The minimum absolute atomic E-state index is 0.0840. The van der Waals surface area contributed by atoms with E-state index in [-0.39, 0.29) is 22.1 Å². The number of benzene rings is 1. The van der Waals surface area contributed by atoms with E-state index in [1.165, 1.54) is 36.7 Å². The monoisotopic (exact) mass is 515 g/mol. The lowest BCUT2D eigenvalue weighted by Gasteiger charge is -2.20. The van der Waals surface area contributed by atoms with Crippen molar-refractivity contribution in [2.24, 2.45) is 5.41 Å². The third-order valence-corrected chi connectivity index (χ3v) is 7.77. The zero-order chi connectivity index (χ0) is 25.8. The minimum atomic E-state index is -4.63. The van der Waals surface area contributed by atoms with Crippen LogP contribution in [0.5, 0.6) is 0 Å². The summed E-state index contributed by atoms with van der Waals surface area (Å²) in [6, 6.07) is 3.90. The fraction of sp³-hybridized carbons (Fsp3) is 0.458. The van der Waals surface area contributed by atoms with Gasteiger partial charge in [-0.05, 0) is 41.5 Å². The number of nitrogens with zero attached hydrogens (tertiary/aromatic N) is 2. The molecule has 0 aliphatic heterocycles. The van der Waals surface area contributed by atoms with Crippen LogP contribution in [0.15, 0.2) is 42.9 Å². The summed E-state index contributed by atoms with van der Waals surface area (Å²) < 4.78 is 97.8. The average molecular weight is 516 g/mol. The largest absolute Gasteiger partial charge is 0.418 e. The van der Waals surface area contributed by atoms with Crippen LogP contribution in [0.1, 0.15) is 50.8 Å². The van der Waals surface area contributed by atoms with Gasteiger partial charge in [-0.15, -0.1) is 0 Å². The predicted octanol–water partition coefficient (Wildman–Crippen LogP) is 6.16. The molecule has 0 radical (unpaired) electrons. The second-order valence-corrected chi connectivity index (χ2v) is 12.1. The summed E-state index contributed by atoms with van der Waals surface area (Å²) in [7, 11) is -3.92. The molecular weight excluding hydrogens is 489 g/mol. The lowest BCUT2D eigenvalue weighted by Crippen LogP contribution is -2.35. The molecule has 11 heteroatoms. The zero-order valence-corrected chi connectivity index (χ0v) is 20.2. The van der Waals surface area contributed by atoms with E-state index >= 15 is 0 Å². The van der Waals surface area contributed by atoms with Crippen molar-refractivity contribution >= 4 is 20.9 Å². The van der Waals surface area contributed by atoms with Crippen LogP contribution in [-0.4, -0.2) is 29.6 Å². The molecule has 0 saturated heterocycles. The van der Waals surface area contributed by atoms with Gasteiger partial charge in [0.15, 0.2) is 0 Å². The number of halogens is 5. The molecule has 190 valence electrons. The molecule has 1 fully saturated rings. The highest BCUT2D eigenvalue weighted by Gasteiger charge is 2.40. The molecule has 0 unspecified atom stereocenters. The van der Waals surface area contributed by atoms with Gasteiger partial charge in [-0.25, -0.2) is 21.9 Å². The normalized spacial score (nSPS) is 16.3. The molecule has 1 aromatic carbocycles. The highest BCUT2D eigenvalue weighted by Crippen LogP contribution is 2.40. The Kier molecular flexibility index (Phi) is 6.46. The number of fused-ring (bicyclic) bond motifs is 1. The minimum Gasteiger partial charge on any atom is -0.347 e. The van der Waals surface area contributed by atoms with Crippen molar-refractivity contribution in [3.8, 4) is 11.1 Å². The van der Waals surface area contributed by atoms with E-state index in [1.54, 1.807) is 4.57 Å². The van der Waals surface area contributed by atoms with Crippen LogP contribution < -0.4 is 4.72 Å². The van der Waals surface area contributed by atoms with Crippen LogP contribution in [0.3, 0.4) is 0 Å². The molecule has 0 bridgehead atoms. The lowest BCUT2D eigenvalue weighted by molar-refractivity contribution is -0.137. The van der Waals surface area contributed by atoms with E-state index in [0.717, 1.165) is 6.20 Å². The molecule has 0 spiro atoms. The first-order chi connectivity index (χ1) is 16.2. The van der Waals surface area contributed by atoms with Crippen LogP contribution in [0.25, 0.3) is 22.0 Å². The van der Waals surface area contributed by atoms with Crippen molar-refractivity contribution < 1.29 is 30.4 Å². The van der Waals surface area contributed by atoms with Gasteiger partial charge in [0.2, 0.25) is 10.0 Å². The highest BCUT2D eigenvalue weighted by molar-refractivity contribution is 7.90. The first-order valence-electron chi connectivity index (χ1n) is 11.1. The van der Waals surface area contributed by atoms with Crippen LogP contribution in [0, 0.1) is 5.41 Å². The van der Waals surface area contributed by atoms with Gasteiger partial charge in [-0.1, -0.05) is 32.9 Å². The molecular formula is C24H26F5N3O2S. The first-order valence-corrected chi connectivity index (χ1v) is 12.7. The van der Waals surface area contributed by atoms with Crippen LogP contribution in [-0.2, 0) is 22.7 Å². The van der Waals surface area contributed by atoms with Crippen molar-refractivity contribution in [2.75, 3.05) is 0 Å². The number of hydrogen-bond acceptors (Lipinski definition) is 3. The number of nitrogens with one attached hydrogen (secondary N) is 1. The number of rotatable bonds is 7. The highest BCUT2D eigenvalue weighted by atomic mass is 32.2. The second-order valence-electron chi connectivity index (χ2n) is 10.1. The van der Waals surface area contributed by atoms with Crippen LogP contribution in [0.4, 0.5) is 22.0 Å². The summed E-state index contributed by atoms with van der Waals surface area (Å²) >= 11 is 0. The van der Waals surface area contributed by atoms with Crippen molar-refractivity contribution in [2.45, 2.75) is 64.1 Å². The molecule has 1 aliphatic carbocycles. The number of alkyl halides is 5. The van der Waals surface area contributed by atoms with Gasteiger partial charge in [0.25, 0.3) is 6.43 Å². The molecule has 4 rings (SSSR count). The van der Waals surface area contributed by atoms with Gasteiger partial charge < -0.3 is 4.57 Å². The van der Waals surface area contributed by atoms with Crippen molar-refractivity contribution in [1.82, 2.24) is 14.3 Å². The first kappa shape index (κ1) is 25.6. The Morgan fingerprint density at radius 2 is 1.83 bits per heavy atom. The molecule has 1 atom stereocenters. The maximum atomic E-state index is 14.1. The molecule has 2 aromatic heterocycles. The number of sulfonamides is 1. The third kappa shape index (κ3) is 5.50. The maximum absolute atomic E-state index is 14.1. The van der Waals surface area contributed by atoms with Gasteiger partial charge in [0, 0.05) is 41.6 Å². The number of aromatic nitrogens is 2. The number of hydrogen-bond donors (Lipinski definition) is 1. The van der Waals surface area contributed by atoms with Crippen LogP contribution >= 0.6 is 0 Å². The summed E-state index contributed by atoms with van der Waals surface area (Å²) in [6.07, 6.45) is -3.31. The van der Waals surface area contributed by atoms with E-state index in [4.69, 9.17) is 0 Å². The van der Waals surface area contributed by atoms with E-state index in [0.29, 0.717) is 30.3 Å². The topological polar surface area (TPSA) is 64.0 Å². The Morgan fingerprint density at radius 3 is 2.40 bits per heavy atom. The quantitative estimate of drug-likeness (QED) is 0.384. The summed E-state index contributed by atoms with van der Waals surface area (Å²) in [5.74, 6) is 0. The molecule has 3 aromatic rings. The molecule has 0 amide bonds. The maximum Gasteiger partial charge on any atom is 0.418 e. The predicted molar refractivity (Wildman–Crippen MR) is 123 cm³/mol. The van der Waals surface area contributed by atoms with Gasteiger partial charge in [-0.3, -0.25) is 4.98 Å². The second kappa shape index (κ2) is 8.85. The fourth-order valence-electron chi connectivity index (χ4n) is 4.15. The summed E-state index contributed by atoms with van der Waals surface area (Å²) in [6.45, 7) is 6.19. The van der Waals surface area contributed by atoms with Crippen molar-refractivity contribution in [3.63, 3.8) is 0 Å². The summed E-state index contributed by atoms with van der Waals surface area (Å²) in [4.78, 5) is 3.59. The Morgan fingerprint density at radius 1 is 1.14 bits per heavy atom. The van der Waals surface area contributed by atoms with Gasteiger partial charge in [0.1, 0.15) is 6.04 Å². The molecule has 35 heavy (non-hydrogen) atoms. The van der Waals surface area contributed by atoms with Gasteiger partial charge in [0.05, 0.1) is 10.8 Å². The van der Waals surface area contributed by atoms with Gasteiger partial charge >= 0.3 is 6.18 Å². The molecule has 1 aliphatic rings. The zero-order valence-electron chi connectivity index (χ0n) is 19.4. The third-order valence-electron chi connectivity index (χ3n) is 5.84. The number of pyridine rings is 1. The Labute approximate surface area is 200 Å². The van der Waals surface area contributed by atoms with Crippen molar-refractivity contribution in [1.29, 1.82) is 0 Å². The Balaban J connectivity index is 1.88. The van der Waals surface area contributed by atoms with E-state index in [1.807, 2.05) is 20.8 Å². The fourth-order valence-corrected chi connectivity index (χ4v) is 5.68. The Hall–Kier alpha value is -2.53. The average Bonchev–Trinajstić information content (AvgIpc) is 3.55. The lowest BCUT2D eigenvalue weighted by atomic mass is 9.96.